The molecule has 1 aromatic carbocycles. The molecule has 0 amide bonds. The number of nitrogens with two attached hydrogens (primary N) is 1. The standard InChI is InChI=1S/C12H17F2NO/c1-12(2,3)16-7-11(15)9-6-8(13)4-5-10(9)14/h4-6,11H,7,15H2,1-3H3. The normalized spacial score (nSPS) is 13.9. The fourth-order valence-corrected chi connectivity index (χ4v) is 1.23. The molecule has 2 N–H and O–H groups in total. The molecule has 1 aromatic rings. The summed E-state index contributed by atoms with van der Waals surface area (Å²) in [5, 5.41) is 0. The van der Waals surface area contributed by atoms with Crippen molar-refractivity contribution in [1.82, 2.24) is 0 Å². The van der Waals surface area contributed by atoms with E-state index in [1.807, 2.05) is 20.8 Å². The number of hydrogen-bond acceptors (Lipinski definition) is 2. The van der Waals surface area contributed by atoms with Gasteiger partial charge in [0.05, 0.1) is 18.2 Å². The highest BCUT2D eigenvalue weighted by Gasteiger charge is 2.17. The first kappa shape index (κ1) is 13.1. The van der Waals surface area contributed by atoms with Gasteiger partial charge in [-0.2, -0.15) is 0 Å². The molecule has 0 aliphatic carbocycles. The lowest BCUT2D eigenvalue weighted by molar-refractivity contribution is -0.0106. The molecule has 1 atom stereocenters. The van der Waals surface area contributed by atoms with Crippen molar-refractivity contribution in [2.24, 2.45) is 5.73 Å². The molecule has 0 aliphatic rings. The number of halogens is 2. The van der Waals surface area contributed by atoms with Crippen molar-refractivity contribution in [2.45, 2.75) is 32.4 Å². The summed E-state index contributed by atoms with van der Waals surface area (Å²) >= 11 is 0. The van der Waals surface area contributed by atoms with Crippen LogP contribution in [-0.2, 0) is 4.74 Å². The maximum Gasteiger partial charge on any atom is 0.128 e. The van der Waals surface area contributed by atoms with Crippen LogP contribution in [0.3, 0.4) is 0 Å². The monoisotopic (exact) mass is 229 g/mol. The van der Waals surface area contributed by atoms with E-state index in [1.165, 1.54) is 0 Å². The van der Waals surface area contributed by atoms with Gasteiger partial charge in [-0.15, -0.1) is 0 Å². The number of benzene rings is 1. The largest absolute Gasteiger partial charge is 0.374 e. The van der Waals surface area contributed by atoms with Gasteiger partial charge in [0.15, 0.2) is 0 Å². The van der Waals surface area contributed by atoms with Crippen LogP contribution in [0.5, 0.6) is 0 Å². The first-order valence-electron chi connectivity index (χ1n) is 5.14. The van der Waals surface area contributed by atoms with E-state index < -0.39 is 17.7 Å². The van der Waals surface area contributed by atoms with Crippen LogP contribution < -0.4 is 5.73 Å². The zero-order valence-electron chi connectivity index (χ0n) is 9.76. The van der Waals surface area contributed by atoms with Crippen molar-refractivity contribution in [3.63, 3.8) is 0 Å². The molecular formula is C12H17F2NO. The van der Waals surface area contributed by atoms with Crippen molar-refractivity contribution >= 4 is 0 Å². The predicted molar refractivity (Wildman–Crippen MR) is 59.0 cm³/mol. The molecule has 0 aromatic heterocycles. The van der Waals surface area contributed by atoms with Crippen LogP contribution >= 0.6 is 0 Å². The second-order valence-electron chi connectivity index (χ2n) is 4.70. The van der Waals surface area contributed by atoms with Gasteiger partial charge in [0, 0.05) is 5.56 Å². The van der Waals surface area contributed by atoms with Gasteiger partial charge in [-0.3, -0.25) is 0 Å². The molecule has 0 saturated carbocycles. The summed E-state index contributed by atoms with van der Waals surface area (Å²) in [5.41, 5.74) is 5.54. The van der Waals surface area contributed by atoms with Crippen LogP contribution in [0.15, 0.2) is 18.2 Å². The van der Waals surface area contributed by atoms with Gasteiger partial charge in [0.1, 0.15) is 11.6 Å². The SMILES string of the molecule is CC(C)(C)OCC(N)c1cc(F)ccc1F. The smallest absolute Gasteiger partial charge is 0.128 e. The van der Waals surface area contributed by atoms with Crippen LogP contribution in [0, 0.1) is 11.6 Å². The maximum atomic E-state index is 13.3. The Hall–Kier alpha value is -1.00. The van der Waals surface area contributed by atoms with Crippen molar-refractivity contribution in [3.05, 3.63) is 35.4 Å². The lowest BCUT2D eigenvalue weighted by atomic mass is 10.1. The second-order valence-corrected chi connectivity index (χ2v) is 4.70. The summed E-state index contributed by atoms with van der Waals surface area (Å²) in [5.74, 6) is -1.01. The van der Waals surface area contributed by atoms with Crippen molar-refractivity contribution in [2.75, 3.05) is 6.61 Å². The van der Waals surface area contributed by atoms with E-state index in [2.05, 4.69) is 0 Å². The Kier molecular flexibility index (Phi) is 3.99. The third-order valence-corrected chi connectivity index (χ3v) is 2.05. The highest BCUT2D eigenvalue weighted by atomic mass is 19.1. The minimum atomic E-state index is -0.657. The van der Waals surface area contributed by atoms with Gasteiger partial charge < -0.3 is 10.5 Å². The number of rotatable bonds is 3. The van der Waals surface area contributed by atoms with E-state index in [4.69, 9.17) is 10.5 Å². The molecule has 0 radical (unpaired) electrons. The van der Waals surface area contributed by atoms with Crippen LogP contribution in [0.2, 0.25) is 0 Å². The molecule has 0 fully saturated rings. The van der Waals surface area contributed by atoms with Gasteiger partial charge in [0.2, 0.25) is 0 Å². The van der Waals surface area contributed by atoms with Crippen LogP contribution in [-0.4, -0.2) is 12.2 Å². The molecule has 0 bridgehead atoms. The molecule has 90 valence electrons. The van der Waals surface area contributed by atoms with Gasteiger partial charge in [-0.25, -0.2) is 8.78 Å². The van der Waals surface area contributed by atoms with Gasteiger partial charge >= 0.3 is 0 Å². The molecular weight excluding hydrogens is 212 g/mol. The van der Waals surface area contributed by atoms with Gasteiger partial charge in [-0.05, 0) is 39.0 Å². The highest BCUT2D eigenvalue weighted by molar-refractivity contribution is 5.22. The first-order valence-corrected chi connectivity index (χ1v) is 5.14. The third kappa shape index (κ3) is 3.87. The zero-order chi connectivity index (χ0) is 12.3. The van der Waals surface area contributed by atoms with E-state index >= 15 is 0 Å². The Morgan fingerprint density at radius 2 is 1.94 bits per heavy atom. The van der Waals surface area contributed by atoms with Crippen molar-refractivity contribution < 1.29 is 13.5 Å². The van der Waals surface area contributed by atoms with Crippen molar-refractivity contribution in [3.8, 4) is 0 Å². The summed E-state index contributed by atoms with van der Waals surface area (Å²) in [4.78, 5) is 0. The highest BCUT2D eigenvalue weighted by Crippen LogP contribution is 2.18. The van der Waals surface area contributed by atoms with Crippen molar-refractivity contribution in [1.29, 1.82) is 0 Å². The van der Waals surface area contributed by atoms with Gasteiger partial charge in [0.25, 0.3) is 0 Å². The summed E-state index contributed by atoms with van der Waals surface area (Å²) in [6.07, 6.45) is 0. The molecule has 4 heteroatoms. The summed E-state index contributed by atoms with van der Waals surface area (Å²) < 4.78 is 31.7. The second kappa shape index (κ2) is 4.89. The average Bonchev–Trinajstić information content (AvgIpc) is 2.17. The lowest BCUT2D eigenvalue weighted by Crippen LogP contribution is -2.26. The Balaban J connectivity index is 2.73. The van der Waals surface area contributed by atoms with E-state index in [-0.39, 0.29) is 17.8 Å². The fraction of sp³-hybridized carbons (Fsp3) is 0.500. The van der Waals surface area contributed by atoms with Crippen LogP contribution in [0.4, 0.5) is 8.78 Å². The Labute approximate surface area is 94.4 Å². The van der Waals surface area contributed by atoms with E-state index in [0.717, 1.165) is 18.2 Å². The quantitative estimate of drug-likeness (QED) is 0.865. The molecule has 0 heterocycles. The number of hydrogen-bond donors (Lipinski definition) is 1. The third-order valence-electron chi connectivity index (χ3n) is 2.05. The molecule has 2 nitrogen and oxygen atoms in total. The topological polar surface area (TPSA) is 35.2 Å². The van der Waals surface area contributed by atoms with E-state index in [9.17, 15) is 8.78 Å². The van der Waals surface area contributed by atoms with Crippen LogP contribution in [0.25, 0.3) is 0 Å². The Bertz CT molecular complexity index is 361. The molecule has 0 aliphatic heterocycles. The molecule has 1 unspecified atom stereocenters. The summed E-state index contributed by atoms with van der Waals surface area (Å²) in [6, 6.07) is 2.58. The minimum absolute atomic E-state index is 0.143. The van der Waals surface area contributed by atoms with Crippen LogP contribution in [0.1, 0.15) is 32.4 Å². The van der Waals surface area contributed by atoms with Gasteiger partial charge in [-0.1, -0.05) is 0 Å². The summed E-state index contributed by atoms with van der Waals surface area (Å²) in [7, 11) is 0. The fourth-order valence-electron chi connectivity index (χ4n) is 1.23. The average molecular weight is 229 g/mol. The Morgan fingerprint density at radius 3 is 2.50 bits per heavy atom. The zero-order valence-corrected chi connectivity index (χ0v) is 9.76. The van der Waals surface area contributed by atoms with E-state index in [1.54, 1.807) is 0 Å². The molecule has 0 saturated heterocycles. The summed E-state index contributed by atoms with van der Waals surface area (Å²) in [6.45, 7) is 5.79. The Morgan fingerprint density at radius 1 is 1.31 bits per heavy atom. The predicted octanol–water partition coefficient (Wildman–Crippen LogP) is 2.78. The lowest BCUT2D eigenvalue weighted by Gasteiger charge is -2.22. The minimum Gasteiger partial charge on any atom is -0.374 e. The van der Waals surface area contributed by atoms with E-state index in [0.29, 0.717) is 0 Å². The number of ether oxygens (including phenoxy) is 1. The molecule has 16 heavy (non-hydrogen) atoms. The molecule has 1 rings (SSSR count). The first-order chi connectivity index (χ1) is 7.29. The maximum absolute atomic E-state index is 13.3. The molecule has 0 spiro atoms.